The summed E-state index contributed by atoms with van der Waals surface area (Å²) < 4.78 is 5.41. The van der Waals surface area contributed by atoms with Crippen molar-refractivity contribution in [1.82, 2.24) is 5.32 Å². The molecule has 0 saturated carbocycles. The Morgan fingerprint density at radius 3 is 2.80 bits per heavy atom. The van der Waals surface area contributed by atoms with Gasteiger partial charge in [0, 0.05) is 11.6 Å². The van der Waals surface area contributed by atoms with E-state index in [1.54, 1.807) is 7.11 Å². The smallest absolute Gasteiger partial charge is 0.123 e. The molecule has 1 heterocycles. The van der Waals surface area contributed by atoms with Crippen LogP contribution in [0, 0.1) is 12.8 Å². The number of rotatable bonds is 2. The first kappa shape index (κ1) is 10.5. The topological polar surface area (TPSA) is 21.3 Å². The van der Waals surface area contributed by atoms with Gasteiger partial charge in [-0.2, -0.15) is 0 Å². The normalized spacial score (nSPS) is 25.5. The van der Waals surface area contributed by atoms with Crippen LogP contribution >= 0.6 is 0 Å². The fourth-order valence-electron chi connectivity index (χ4n) is 2.28. The first-order valence-corrected chi connectivity index (χ1v) is 5.58. The highest BCUT2D eigenvalue weighted by Crippen LogP contribution is 2.33. The molecule has 0 bridgehead atoms. The van der Waals surface area contributed by atoms with Crippen LogP contribution in [0.15, 0.2) is 18.2 Å². The molecule has 2 atom stereocenters. The molecular formula is C13H19NO. The summed E-state index contributed by atoms with van der Waals surface area (Å²) in [6.07, 6.45) is 1.21. The van der Waals surface area contributed by atoms with E-state index in [-0.39, 0.29) is 0 Å². The van der Waals surface area contributed by atoms with Crippen molar-refractivity contribution in [3.05, 3.63) is 29.3 Å². The lowest BCUT2D eigenvalue weighted by Gasteiger charge is -2.15. The minimum Gasteiger partial charge on any atom is -0.496 e. The van der Waals surface area contributed by atoms with Crippen molar-refractivity contribution in [2.45, 2.75) is 26.3 Å². The molecule has 82 valence electrons. The summed E-state index contributed by atoms with van der Waals surface area (Å²) in [5.41, 5.74) is 2.61. The Bertz CT molecular complexity index is 348. The van der Waals surface area contributed by atoms with E-state index < -0.39 is 0 Å². The van der Waals surface area contributed by atoms with Crippen molar-refractivity contribution in [2.75, 3.05) is 13.7 Å². The summed E-state index contributed by atoms with van der Waals surface area (Å²) in [6, 6.07) is 6.86. The Labute approximate surface area is 91.6 Å². The summed E-state index contributed by atoms with van der Waals surface area (Å²) in [5, 5.41) is 3.54. The lowest BCUT2D eigenvalue weighted by atomic mass is 9.99. The summed E-state index contributed by atoms with van der Waals surface area (Å²) in [6.45, 7) is 5.53. The van der Waals surface area contributed by atoms with Gasteiger partial charge in [-0.15, -0.1) is 0 Å². The van der Waals surface area contributed by atoms with Gasteiger partial charge in [-0.1, -0.05) is 24.6 Å². The second kappa shape index (κ2) is 4.23. The largest absolute Gasteiger partial charge is 0.496 e. The number of nitrogens with one attached hydrogen (secondary N) is 1. The highest BCUT2D eigenvalue weighted by molar-refractivity contribution is 5.39. The van der Waals surface area contributed by atoms with Crippen molar-refractivity contribution < 1.29 is 4.74 Å². The lowest BCUT2D eigenvalue weighted by molar-refractivity contribution is 0.402. The zero-order valence-electron chi connectivity index (χ0n) is 9.71. The predicted molar refractivity (Wildman–Crippen MR) is 62.3 cm³/mol. The van der Waals surface area contributed by atoms with Crippen molar-refractivity contribution in [1.29, 1.82) is 0 Å². The van der Waals surface area contributed by atoms with Gasteiger partial charge >= 0.3 is 0 Å². The third kappa shape index (κ3) is 2.15. The Kier molecular flexibility index (Phi) is 2.96. The van der Waals surface area contributed by atoms with E-state index in [0.29, 0.717) is 6.04 Å². The number of hydrogen-bond donors (Lipinski definition) is 1. The maximum absolute atomic E-state index is 5.41. The van der Waals surface area contributed by atoms with Crippen LogP contribution in [0.4, 0.5) is 0 Å². The molecule has 2 nitrogen and oxygen atoms in total. The molecule has 1 aromatic carbocycles. The Hall–Kier alpha value is -1.02. The first-order chi connectivity index (χ1) is 7.20. The molecular weight excluding hydrogens is 186 g/mol. The number of hydrogen-bond acceptors (Lipinski definition) is 2. The zero-order valence-corrected chi connectivity index (χ0v) is 9.71. The van der Waals surface area contributed by atoms with Crippen molar-refractivity contribution in [3.8, 4) is 5.75 Å². The summed E-state index contributed by atoms with van der Waals surface area (Å²) in [7, 11) is 1.74. The minimum absolute atomic E-state index is 0.467. The van der Waals surface area contributed by atoms with Crippen LogP contribution in [0.3, 0.4) is 0 Å². The van der Waals surface area contributed by atoms with Gasteiger partial charge in [-0.25, -0.2) is 0 Å². The number of methoxy groups -OCH3 is 1. The van der Waals surface area contributed by atoms with Crippen LogP contribution in [-0.4, -0.2) is 13.7 Å². The van der Waals surface area contributed by atoms with E-state index in [0.717, 1.165) is 18.2 Å². The molecule has 0 spiro atoms. The fourth-order valence-corrected chi connectivity index (χ4v) is 2.28. The SMILES string of the molecule is COc1ccc(C)cc1C1CC(C)CN1. The highest BCUT2D eigenvalue weighted by atomic mass is 16.5. The molecule has 1 fully saturated rings. The van der Waals surface area contributed by atoms with Crippen LogP contribution in [0.25, 0.3) is 0 Å². The van der Waals surface area contributed by atoms with Gasteiger partial charge in [0.25, 0.3) is 0 Å². The molecule has 1 N–H and O–H groups in total. The van der Waals surface area contributed by atoms with E-state index in [1.165, 1.54) is 17.5 Å². The summed E-state index contributed by atoms with van der Waals surface area (Å²) in [5.74, 6) is 1.77. The number of benzene rings is 1. The predicted octanol–water partition coefficient (Wildman–Crippen LogP) is 2.67. The average Bonchev–Trinajstić information content (AvgIpc) is 2.65. The molecule has 0 aromatic heterocycles. The maximum Gasteiger partial charge on any atom is 0.123 e. The second-order valence-electron chi connectivity index (χ2n) is 4.55. The van der Waals surface area contributed by atoms with Gasteiger partial charge in [0.2, 0.25) is 0 Å². The van der Waals surface area contributed by atoms with E-state index in [2.05, 4.69) is 37.4 Å². The van der Waals surface area contributed by atoms with E-state index in [9.17, 15) is 0 Å². The maximum atomic E-state index is 5.41. The van der Waals surface area contributed by atoms with Crippen molar-refractivity contribution in [3.63, 3.8) is 0 Å². The molecule has 1 aromatic rings. The lowest BCUT2D eigenvalue weighted by Crippen LogP contribution is -2.14. The monoisotopic (exact) mass is 205 g/mol. The molecule has 15 heavy (non-hydrogen) atoms. The van der Waals surface area contributed by atoms with E-state index >= 15 is 0 Å². The highest BCUT2D eigenvalue weighted by Gasteiger charge is 2.24. The molecule has 0 amide bonds. The van der Waals surface area contributed by atoms with Crippen LogP contribution in [0.5, 0.6) is 5.75 Å². The molecule has 1 aliphatic heterocycles. The second-order valence-corrected chi connectivity index (χ2v) is 4.55. The Morgan fingerprint density at radius 1 is 1.40 bits per heavy atom. The third-order valence-corrected chi connectivity index (χ3v) is 3.11. The molecule has 2 rings (SSSR count). The Balaban J connectivity index is 2.29. The fraction of sp³-hybridized carbons (Fsp3) is 0.538. The van der Waals surface area contributed by atoms with Crippen LogP contribution in [0.1, 0.15) is 30.5 Å². The van der Waals surface area contributed by atoms with Gasteiger partial charge in [-0.3, -0.25) is 0 Å². The van der Waals surface area contributed by atoms with Gasteiger partial charge in [0.05, 0.1) is 7.11 Å². The zero-order chi connectivity index (χ0) is 10.8. The van der Waals surface area contributed by atoms with Crippen LogP contribution in [-0.2, 0) is 0 Å². The van der Waals surface area contributed by atoms with Gasteiger partial charge in [0.15, 0.2) is 0 Å². The van der Waals surface area contributed by atoms with E-state index in [4.69, 9.17) is 4.74 Å². The van der Waals surface area contributed by atoms with Crippen LogP contribution < -0.4 is 10.1 Å². The molecule has 2 unspecified atom stereocenters. The van der Waals surface area contributed by atoms with Crippen molar-refractivity contribution >= 4 is 0 Å². The number of ether oxygens (including phenoxy) is 1. The Morgan fingerprint density at radius 2 is 2.20 bits per heavy atom. The average molecular weight is 205 g/mol. The van der Waals surface area contributed by atoms with Gasteiger partial charge in [-0.05, 0) is 31.9 Å². The van der Waals surface area contributed by atoms with Crippen LogP contribution in [0.2, 0.25) is 0 Å². The molecule has 0 radical (unpaired) electrons. The molecule has 1 aliphatic rings. The number of aryl methyl sites for hydroxylation is 1. The standard InChI is InChI=1S/C13H19NO/c1-9-4-5-13(15-3)11(6-9)12-7-10(2)8-14-12/h4-6,10,12,14H,7-8H2,1-3H3. The molecule has 2 heteroatoms. The quantitative estimate of drug-likeness (QED) is 0.801. The van der Waals surface area contributed by atoms with Crippen molar-refractivity contribution in [2.24, 2.45) is 5.92 Å². The molecule has 1 saturated heterocycles. The van der Waals surface area contributed by atoms with E-state index in [1.807, 2.05) is 0 Å². The van der Waals surface area contributed by atoms with Gasteiger partial charge in [0.1, 0.15) is 5.75 Å². The third-order valence-electron chi connectivity index (χ3n) is 3.11. The summed E-state index contributed by atoms with van der Waals surface area (Å²) in [4.78, 5) is 0. The summed E-state index contributed by atoms with van der Waals surface area (Å²) >= 11 is 0. The minimum atomic E-state index is 0.467. The molecule has 0 aliphatic carbocycles. The first-order valence-electron chi connectivity index (χ1n) is 5.58. The van der Waals surface area contributed by atoms with Gasteiger partial charge < -0.3 is 10.1 Å².